The summed E-state index contributed by atoms with van der Waals surface area (Å²) in [5.74, 6) is -0.171. The maximum atomic E-state index is 11.5. The van der Waals surface area contributed by atoms with E-state index in [0.29, 0.717) is 12.8 Å². The number of carboxylic acid groups (broad SMARTS) is 1. The van der Waals surface area contributed by atoms with E-state index in [9.17, 15) is 13.2 Å². The number of rotatable bonds is 1. The third-order valence-corrected chi connectivity index (χ3v) is 6.67. The molecule has 92 valence electrons. The topological polar surface area (TPSA) is 95.2 Å². The van der Waals surface area contributed by atoms with E-state index in [-0.39, 0.29) is 35.2 Å². The SMILES string of the molecule is N#CC1(C(=O)O)C[C@@H]2[C@H](C1)[C@@H]1CS(=O)(=O)C[C@@H]21. The largest absolute Gasteiger partial charge is 0.480 e. The molecule has 1 aliphatic heterocycles. The summed E-state index contributed by atoms with van der Waals surface area (Å²) >= 11 is 0. The summed E-state index contributed by atoms with van der Waals surface area (Å²) in [5.41, 5.74) is -1.26. The number of nitriles is 1. The number of sulfone groups is 1. The van der Waals surface area contributed by atoms with Gasteiger partial charge >= 0.3 is 5.97 Å². The van der Waals surface area contributed by atoms with Crippen LogP contribution in [0.5, 0.6) is 0 Å². The van der Waals surface area contributed by atoms with Crippen molar-refractivity contribution >= 4 is 15.8 Å². The molecule has 0 amide bonds. The summed E-state index contributed by atoms with van der Waals surface area (Å²) < 4.78 is 23.0. The lowest BCUT2D eigenvalue weighted by Gasteiger charge is -2.43. The summed E-state index contributed by atoms with van der Waals surface area (Å²) in [6.07, 6.45) is 0.667. The average molecular weight is 255 g/mol. The van der Waals surface area contributed by atoms with Crippen LogP contribution < -0.4 is 0 Å². The van der Waals surface area contributed by atoms with E-state index in [1.807, 2.05) is 6.07 Å². The molecule has 0 bridgehead atoms. The Bertz CT molecular complexity index is 506. The van der Waals surface area contributed by atoms with E-state index in [0.717, 1.165) is 0 Å². The maximum Gasteiger partial charge on any atom is 0.324 e. The van der Waals surface area contributed by atoms with Crippen LogP contribution in [-0.4, -0.2) is 31.0 Å². The molecule has 1 unspecified atom stereocenters. The molecule has 2 aliphatic carbocycles. The Morgan fingerprint density at radius 1 is 1.18 bits per heavy atom. The van der Waals surface area contributed by atoms with Gasteiger partial charge in [0.2, 0.25) is 0 Å². The predicted octanol–water partition coefficient (Wildman–Crippen LogP) is 0.282. The Morgan fingerprint density at radius 3 is 2.00 bits per heavy atom. The van der Waals surface area contributed by atoms with E-state index in [1.165, 1.54) is 0 Å². The van der Waals surface area contributed by atoms with Gasteiger partial charge < -0.3 is 5.11 Å². The van der Waals surface area contributed by atoms with Gasteiger partial charge in [0.25, 0.3) is 0 Å². The summed E-state index contributed by atoms with van der Waals surface area (Å²) in [6, 6.07) is 1.94. The van der Waals surface area contributed by atoms with Crippen molar-refractivity contribution < 1.29 is 18.3 Å². The van der Waals surface area contributed by atoms with E-state index < -0.39 is 21.2 Å². The Balaban J connectivity index is 1.86. The molecule has 1 N–H and O–H groups in total. The molecular weight excluding hydrogens is 242 g/mol. The van der Waals surface area contributed by atoms with Crippen molar-refractivity contribution in [3.63, 3.8) is 0 Å². The maximum absolute atomic E-state index is 11.5. The molecule has 0 radical (unpaired) electrons. The van der Waals surface area contributed by atoms with Crippen molar-refractivity contribution in [2.24, 2.45) is 29.1 Å². The van der Waals surface area contributed by atoms with Gasteiger partial charge in [0.05, 0.1) is 17.6 Å². The van der Waals surface area contributed by atoms with Crippen molar-refractivity contribution in [2.75, 3.05) is 11.5 Å². The van der Waals surface area contributed by atoms with E-state index >= 15 is 0 Å². The van der Waals surface area contributed by atoms with Gasteiger partial charge in [-0.25, -0.2) is 8.42 Å². The van der Waals surface area contributed by atoms with Crippen LogP contribution in [0.3, 0.4) is 0 Å². The number of hydrogen-bond acceptors (Lipinski definition) is 4. The van der Waals surface area contributed by atoms with Gasteiger partial charge in [-0.2, -0.15) is 5.26 Å². The molecule has 0 aromatic rings. The molecular formula is C11H13NO4S. The zero-order valence-electron chi connectivity index (χ0n) is 9.17. The molecule has 17 heavy (non-hydrogen) atoms. The number of nitrogens with zero attached hydrogens (tertiary/aromatic N) is 1. The highest BCUT2D eigenvalue weighted by molar-refractivity contribution is 7.91. The van der Waals surface area contributed by atoms with Crippen molar-refractivity contribution in [3.05, 3.63) is 0 Å². The summed E-state index contributed by atoms with van der Waals surface area (Å²) in [6.45, 7) is 0. The molecule has 2 saturated carbocycles. The van der Waals surface area contributed by atoms with E-state index in [4.69, 9.17) is 10.4 Å². The monoisotopic (exact) mass is 255 g/mol. The number of carboxylic acids is 1. The van der Waals surface area contributed by atoms with Crippen molar-refractivity contribution in [3.8, 4) is 6.07 Å². The number of hydrogen-bond donors (Lipinski definition) is 1. The van der Waals surface area contributed by atoms with Gasteiger partial charge in [-0.1, -0.05) is 0 Å². The highest BCUT2D eigenvalue weighted by atomic mass is 32.2. The normalized spacial score (nSPS) is 49.8. The average Bonchev–Trinajstić information content (AvgIpc) is 2.73. The first-order valence-electron chi connectivity index (χ1n) is 5.74. The molecule has 5 nitrogen and oxygen atoms in total. The second-order valence-electron chi connectivity index (χ2n) is 5.64. The molecule has 3 fully saturated rings. The van der Waals surface area contributed by atoms with Crippen molar-refractivity contribution in [1.29, 1.82) is 5.26 Å². The summed E-state index contributed by atoms with van der Waals surface area (Å²) in [4.78, 5) is 11.2. The zero-order chi connectivity index (χ0) is 12.4. The lowest BCUT2D eigenvalue weighted by atomic mass is 9.60. The Kier molecular flexibility index (Phi) is 1.96. The van der Waals surface area contributed by atoms with Gasteiger partial charge in [0, 0.05) is 0 Å². The summed E-state index contributed by atoms with van der Waals surface area (Å²) in [7, 11) is -2.92. The van der Waals surface area contributed by atoms with Crippen LogP contribution >= 0.6 is 0 Å². The van der Waals surface area contributed by atoms with Gasteiger partial charge in [-0.05, 0) is 36.5 Å². The van der Waals surface area contributed by atoms with Crippen molar-refractivity contribution in [1.82, 2.24) is 0 Å². The minimum Gasteiger partial charge on any atom is -0.480 e. The molecule has 3 rings (SSSR count). The standard InChI is InChI=1S/C11H13NO4S/c12-5-11(10(13)14)1-6-7(2-11)9-4-17(15,16)3-8(6)9/h6-9H,1-4H2,(H,13,14)/t6-,7+,8-,9-,11?/m0/s1. The molecule has 3 aliphatic rings. The minimum absolute atomic E-state index is 0.111. The highest BCUT2D eigenvalue weighted by Gasteiger charge is 2.65. The first-order chi connectivity index (χ1) is 7.88. The Hall–Kier alpha value is -1.09. The fourth-order valence-electron chi connectivity index (χ4n) is 4.08. The number of fused-ring (bicyclic) bond motifs is 4. The smallest absolute Gasteiger partial charge is 0.324 e. The van der Waals surface area contributed by atoms with Crippen LogP contribution in [0.25, 0.3) is 0 Å². The molecule has 0 aromatic carbocycles. The van der Waals surface area contributed by atoms with Gasteiger partial charge in [-0.3, -0.25) is 4.79 Å². The first kappa shape index (κ1) is 11.0. The lowest BCUT2D eigenvalue weighted by Crippen LogP contribution is -2.42. The van der Waals surface area contributed by atoms with Crippen LogP contribution in [0, 0.1) is 40.4 Å². The second-order valence-corrected chi connectivity index (χ2v) is 7.79. The molecule has 1 heterocycles. The Morgan fingerprint density at radius 2 is 1.65 bits per heavy atom. The van der Waals surface area contributed by atoms with Gasteiger partial charge in [0.1, 0.15) is 0 Å². The van der Waals surface area contributed by atoms with Gasteiger partial charge in [-0.15, -0.1) is 0 Å². The molecule has 0 aromatic heterocycles. The van der Waals surface area contributed by atoms with Crippen LogP contribution in [-0.2, 0) is 14.6 Å². The first-order valence-corrected chi connectivity index (χ1v) is 7.56. The zero-order valence-corrected chi connectivity index (χ0v) is 9.98. The van der Waals surface area contributed by atoms with Crippen LogP contribution in [0.2, 0.25) is 0 Å². The highest BCUT2D eigenvalue weighted by Crippen LogP contribution is 2.63. The molecule has 5 atom stereocenters. The lowest BCUT2D eigenvalue weighted by molar-refractivity contribution is -0.145. The summed E-state index contributed by atoms with van der Waals surface area (Å²) in [5, 5.41) is 18.2. The van der Waals surface area contributed by atoms with E-state index in [2.05, 4.69) is 0 Å². The van der Waals surface area contributed by atoms with Crippen molar-refractivity contribution in [2.45, 2.75) is 12.8 Å². The van der Waals surface area contributed by atoms with Crippen LogP contribution in [0.4, 0.5) is 0 Å². The predicted molar refractivity (Wildman–Crippen MR) is 57.5 cm³/mol. The second kappa shape index (κ2) is 3.02. The van der Waals surface area contributed by atoms with Gasteiger partial charge in [0.15, 0.2) is 15.3 Å². The fraction of sp³-hybridized carbons (Fsp3) is 0.818. The number of aliphatic carboxylic acids is 1. The third-order valence-electron chi connectivity index (χ3n) is 4.88. The molecule has 0 spiro atoms. The number of carbonyl (C=O) groups is 1. The quantitative estimate of drug-likeness (QED) is 0.726. The molecule has 6 heteroatoms. The minimum atomic E-state index is -2.92. The van der Waals surface area contributed by atoms with Crippen LogP contribution in [0.1, 0.15) is 12.8 Å². The fourth-order valence-corrected chi connectivity index (χ4v) is 6.38. The van der Waals surface area contributed by atoms with E-state index in [1.54, 1.807) is 0 Å². The Labute approximate surface area is 99.3 Å². The third kappa shape index (κ3) is 1.29. The molecule has 1 saturated heterocycles. The van der Waals surface area contributed by atoms with Crippen LogP contribution in [0.15, 0.2) is 0 Å².